The number of hydrogen-bond donors (Lipinski definition) is 3. The molecule has 0 unspecified atom stereocenters. The van der Waals surface area contributed by atoms with Crippen LogP contribution in [-0.4, -0.2) is 30.0 Å². The van der Waals surface area contributed by atoms with Gasteiger partial charge in [0.05, 0.1) is 0 Å². The van der Waals surface area contributed by atoms with Crippen LogP contribution >= 0.6 is 7.82 Å². The molecule has 1 fully saturated rings. The Balaban J connectivity index is 0.000000183. The summed E-state index contributed by atoms with van der Waals surface area (Å²) in [7, 11) is -3.20. The highest BCUT2D eigenvalue weighted by atomic mass is 31.2. The average Bonchev–Trinajstić information content (AvgIpc) is 2.41. The van der Waals surface area contributed by atoms with Crippen molar-refractivity contribution in [1.82, 2.24) is 5.32 Å². The second kappa shape index (κ2) is 5.69. The van der Waals surface area contributed by atoms with Gasteiger partial charge in [-0.2, -0.15) is 0 Å². The smallest absolute Gasteiger partial charge is 0.317 e. The molecule has 68 valence electrons. The van der Waals surface area contributed by atoms with Crippen molar-refractivity contribution in [3.8, 4) is 0 Å². The number of rotatable bonds is 1. The van der Waals surface area contributed by atoms with E-state index in [-0.39, 0.29) is 0 Å². The standard InChI is InChI=1S/C4H9N.CH5O4P/c1-2-4-5-3-1;1-5-6(2,3)4/h5H,1-4H2;1H3,(H2,2,3,4). The Morgan fingerprint density at radius 2 is 1.73 bits per heavy atom. The lowest BCUT2D eigenvalue weighted by atomic mass is 10.4. The summed E-state index contributed by atoms with van der Waals surface area (Å²) in [6.07, 6.45) is 2.78. The van der Waals surface area contributed by atoms with Crippen molar-refractivity contribution < 1.29 is 18.9 Å². The summed E-state index contributed by atoms with van der Waals surface area (Å²) in [5.41, 5.74) is 0. The highest BCUT2D eigenvalue weighted by Gasteiger charge is 2.07. The lowest BCUT2D eigenvalue weighted by molar-refractivity contribution is 0.235. The molecule has 0 amide bonds. The fourth-order valence-electron chi connectivity index (χ4n) is 0.625. The topological polar surface area (TPSA) is 78.8 Å². The third kappa shape index (κ3) is 10.1. The van der Waals surface area contributed by atoms with Crippen molar-refractivity contribution in [2.45, 2.75) is 12.8 Å². The first-order valence-electron chi connectivity index (χ1n) is 3.38. The van der Waals surface area contributed by atoms with Gasteiger partial charge in [0.1, 0.15) is 0 Å². The van der Waals surface area contributed by atoms with Gasteiger partial charge in [-0.05, 0) is 25.9 Å². The third-order valence-corrected chi connectivity index (χ3v) is 1.67. The van der Waals surface area contributed by atoms with Crippen LogP contribution in [0.5, 0.6) is 0 Å². The van der Waals surface area contributed by atoms with E-state index in [4.69, 9.17) is 9.79 Å². The SMILES string of the molecule is C1CCNC1.COP(=O)(O)O. The fourth-order valence-corrected chi connectivity index (χ4v) is 0.625. The van der Waals surface area contributed by atoms with Crippen molar-refractivity contribution in [1.29, 1.82) is 0 Å². The van der Waals surface area contributed by atoms with Crippen LogP contribution < -0.4 is 5.32 Å². The predicted octanol–water partition coefficient (Wildman–Crippen LogP) is 0.0953. The second-order valence-corrected chi connectivity index (χ2v) is 3.48. The molecular weight excluding hydrogens is 169 g/mol. The molecule has 1 aliphatic heterocycles. The first-order valence-corrected chi connectivity index (χ1v) is 4.91. The van der Waals surface area contributed by atoms with Crippen LogP contribution in [0, 0.1) is 0 Å². The number of phosphoric acid groups is 1. The van der Waals surface area contributed by atoms with Crippen molar-refractivity contribution in [3.63, 3.8) is 0 Å². The lowest BCUT2D eigenvalue weighted by Gasteiger charge is -1.93. The first-order chi connectivity index (χ1) is 5.06. The van der Waals surface area contributed by atoms with Gasteiger partial charge in [0, 0.05) is 7.11 Å². The Labute approximate surface area is 66.0 Å². The highest BCUT2D eigenvalue weighted by molar-refractivity contribution is 7.46. The molecule has 0 radical (unpaired) electrons. The van der Waals surface area contributed by atoms with Crippen molar-refractivity contribution in [3.05, 3.63) is 0 Å². The molecule has 1 rings (SSSR count). The van der Waals surface area contributed by atoms with Crippen LogP contribution in [0.2, 0.25) is 0 Å². The van der Waals surface area contributed by atoms with Crippen LogP contribution in [0.25, 0.3) is 0 Å². The summed E-state index contributed by atoms with van der Waals surface area (Å²) in [4.78, 5) is 15.4. The maximum Gasteiger partial charge on any atom is 0.469 e. The molecule has 1 aliphatic rings. The Kier molecular flexibility index (Phi) is 5.72. The van der Waals surface area contributed by atoms with Crippen LogP contribution in [0.1, 0.15) is 12.8 Å². The zero-order chi connectivity index (χ0) is 8.74. The first kappa shape index (κ1) is 11.1. The average molecular weight is 183 g/mol. The molecule has 0 aromatic carbocycles. The molecule has 1 heterocycles. The van der Waals surface area contributed by atoms with Gasteiger partial charge in [-0.1, -0.05) is 0 Å². The summed E-state index contributed by atoms with van der Waals surface area (Å²) in [6, 6.07) is 0. The van der Waals surface area contributed by atoms with Gasteiger partial charge in [0.2, 0.25) is 0 Å². The van der Waals surface area contributed by atoms with E-state index in [1.54, 1.807) is 0 Å². The Hall–Kier alpha value is 0.0700. The Morgan fingerprint density at radius 3 is 1.82 bits per heavy atom. The molecule has 0 aromatic rings. The van der Waals surface area contributed by atoms with E-state index >= 15 is 0 Å². The van der Waals surface area contributed by atoms with E-state index in [0.717, 1.165) is 7.11 Å². The molecule has 0 bridgehead atoms. The monoisotopic (exact) mass is 183 g/mol. The Morgan fingerprint density at radius 1 is 1.36 bits per heavy atom. The molecule has 3 N–H and O–H groups in total. The van der Waals surface area contributed by atoms with Gasteiger partial charge >= 0.3 is 7.82 Å². The van der Waals surface area contributed by atoms with E-state index < -0.39 is 7.82 Å². The predicted molar refractivity (Wildman–Crippen MR) is 41.2 cm³/mol. The van der Waals surface area contributed by atoms with Crippen LogP contribution in [0.4, 0.5) is 0 Å². The molecule has 0 saturated carbocycles. The molecule has 1 saturated heterocycles. The lowest BCUT2D eigenvalue weighted by Crippen LogP contribution is -2.03. The second-order valence-electron chi connectivity index (χ2n) is 2.13. The van der Waals surface area contributed by atoms with Crippen LogP contribution in [-0.2, 0) is 9.09 Å². The van der Waals surface area contributed by atoms with Crippen molar-refractivity contribution in [2.24, 2.45) is 0 Å². The maximum absolute atomic E-state index is 9.47. The summed E-state index contributed by atoms with van der Waals surface area (Å²) < 4.78 is 13.1. The Bertz CT molecular complexity index is 123. The zero-order valence-corrected chi connectivity index (χ0v) is 7.38. The van der Waals surface area contributed by atoms with Crippen LogP contribution in [0.15, 0.2) is 0 Å². The van der Waals surface area contributed by atoms with Crippen LogP contribution in [0.3, 0.4) is 0 Å². The van der Waals surface area contributed by atoms with E-state index in [1.165, 1.54) is 25.9 Å². The van der Waals surface area contributed by atoms with Gasteiger partial charge in [0.25, 0.3) is 0 Å². The quantitative estimate of drug-likeness (QED) is 0.502. The maximum atomic E-state index is 9.47. The zero-order valence-electron chi connectivity index (χ0n) is 6.49. The molecular formula is C5H14NO4P. The molecule has 0 atom stereocenters. The van der Waals surface area contributed by atoms with E-state index in [2.05, 4.69) is 9.84 Å². The van der Waals surface area contributed by atoms with Gasteiger partial charge in [-0.3, -0.25) is 4.52 Å². The van der Waals surface area contributed by atoms with Crippen molar-refractivity contribution >= 4 is 7.82 Å². The van der Waals surface area contributed by atoms with Gasteiger partial charge < -0.3 is 15.1 Å². The van der Waals surface area contributed by atoms with E-state index in [9.17, 15) is 4.57 Å². The summed E-state index contributed by atoms with van der Waals surface area (Å²) in [5, 5.41) is 3.22. The summed E-state index contributed by atoms with van der Waals surface area (Å²) >= 11 is 0. The van der Waals surface area contributed by atoms with E-state index in [1.807, 2.05) is 0 Å². The fraction of sp³-hybridized carbons (Fsp3) is 1.00. The molecule has 5 nitrogen and oxygen atoms in total. The van der Waals surface area contributed by atoms with E-state index in [0.29, 0.717) is 0 Å². The molecule has 0 spiro atoms. The minimum atomic E-state index is -4.15. The van der Waals surface area contributed by atoms with Crippen molar-refractivity contribution in [2.75, 3.05) is 20.2 Å². The number of hydrogen-bond acceptors (Lipinski definition) is 3. The highest BCUT2D eigenvalue weighted by Crippen LogP contribution is 2.33. The number of phosphoric ester groups is 1. The minimum absolute atomic E-state index is 0.945. The molecule has 11 heavy (non-hydrogen) atoms. The number of nitrogens with one attached hydrogen (secondary N) is 1. The van der Waals surface area contributed by atoms with Gasteiger partial charge in [-0.25, -0.2) is 4.57 Å². The normalized spacial score (nSPS) is 17.4. The van der Waals surface area contributed by atoms with Gasteiger partial charge in [-0.15, -0.1) is 0 Å². The summed E-state index contributed by atoms with van der Waals surface area (Å²) in [5.74, 6) is 0. The third-order valence-electron chi connectivity index (χ3n) is 1.19. The molecule has 6 heteroatoms. The molecule has 0 aliphatic carbocycles. The summed E-state index contributed by atoms with van der Waals surface area (Å²) in [6.45, 7) is 2.50. The largest absolute Gasteiger partial charge is 0.469 e. The molecule has 0 aromatic heterocycles. The van der Waals surface area contributed by atoms with Gasteiger partial charge in [0.15, 0.2) is 0 Å². The minimum Gasteiger partial charge on any atom is -0.317 e.